The van der Waals surface area contributed by atoms with Crippen molar-refractivity contribution < 1.29 is 17.6 Å². The summed E-state index contributed by atoms with van der Waals surface area (Å²) in [5.41, 5.74) is -0.710. The predicted molar refractivity (Wildman–Crippen MR) is 67.7 cm³/mol. The van der Waals surface area contributed by atoms with Crippen molar-refractivity contribution in [3.63, 3.8) is 0 Å². The van der Waals surface area contributed by atoms with Crippen molar-refractivity contribution in [3.8, 4) is 0 Å². The topological polar surface area (TPSA) is 12.0 Å². The summed E-state index contributed by atoms with van der Waals surface area (Å²) >= 11 is 2.92. The van der Waals surface area contributed by atoms with Gasteiger partial charge in [0.15, 0.2) is 0 Å². The highest BCUT2D eigenvalue weighted by Gasteiger charge is 2.14. The van der Waals surface area contributed by atoms with Gasteiger partial charge in [-0.2, -0.15) is 0 Å². The molecule has 0 fully saturated rings. The van der Waals surface area contributed by atoms with E-state index in [1.54, 1.807) is 0 Å². The first-order valence-corrected chi connectivity index (χ1v) is 6.10. The molecule has 2 rings (SSSR count). The standard InChI is InChI=1S/C13H8BrF4N/c14-8-4-5-9(15)7(12(8)18)6-19-13-10(16)2-1-3-11(13)17/h1-5,19H,6H2. The summed E-state index contributed by atoms with van der Waals surface area (Å²) < 4.78 is 53.8. The summed E-state index contributed by atoms with van der Waals surface area (Å²) in [7, 11) is 0. The molecule has 0 heterocycles. The van der Waals surface area contributed by atoms with Crippen LogP contribution in [0.2, 0.25) is 0 Å². The number of hydrogen-bond acceptors (Lipinski definition) is 1. The van der Waals surface area contributed by atoms with Crippen molar-refractivity contribution in [1.82, 2.24) is 0 Å². The molecule has 0 atom stereocenters. The van der Waals surface area contributed by atoms with Crippen LogP contribution in [-0.2, 0) is 6.54 Å². The monoisotopic (exact) mass is 333 g/mol. The Labute approximate surface area is 115 Å². The lowest BCUT2D eigenvalue weighted by Gasteiger charge is -2.10. The van der Waals surface area contributed by atoms with Crippen LogP contribution in [0, 0.1) is 23.3 Å². The highest BCUT2D eigenvalue weighted by molar-refractivity contribution is 9.10. The fourth-order valence-electron chi connectivity index (χ4n) is 1.57. The lowest BCUT2D eigenvalue weighted by Crippen LogP contribution is -2.07. The van der Waals surface area contributed by atoms with E-state index in [0.29, 0.717) is 0 Å². The SMILES string of the molecule is Fc1ccc(Br)c(F)c1CNc1c(F)cccc1F. The van der Waals surface area contributed by atoms with Crippen LogP contribution in [0.25, 0.3) is 0 Å². The van der Waals surface area contributed by atoms with Crippen LogP contribution in [0.4, 0.5) is 23.2 Å². The average molecular weight is 334 g/mol. The molecular weight excluding hydrogens is 326 g/mol. The van der Waals surface area contributed by atoms with Crippen LogP contribution < -0.4 is 5.32 Å². The van der Waals surface area contributed by atoms with Crippen LogP contribution >= 0.6 is 15.9 Å². The maximum Gasteiger partial charge on any atom is 0.149 e. The fourth-order valence-corrected chi connectivity index (χ4v) is 1.95. The normalized spacial score (nSPS) is 10.6. The van der Waals surface area contributed by atoms with Gasteiger partial charge >= 0.3 is 0 Å². The number of rotatable bonds is 3. The Balaban J connectivity index is 2.27. The van der Waals surface area contributed by atoms with Gasteiger partial charge in [-0.25, -0.2) is 17.6 Å². The smallest absolute Gasteiger partial charge is 0.149 e. The summed E-state index contributed by atoms with van der Waals surface area (Å²) in [4.78, 5) is 0. The van der Waals surface area contributed by atoms with Crippen molar-refractivity contribution in [2.24, 2.45) is 0 Å². The van der Waals surface area contributed by atoms with Gasteiger partial charge in [-0.15, -0.1) is 0 Å². The predicted octanol–water partition coefficient (Wildman–Crippen LogP) is 4.62. The second-order valence-electron chi connectivity index (χ2n) is 3.77. The summed E-state index contributed by atoms with van der Waals surface area (Å²) in [5.74, 6) is -3.24. The molecule has 0 aliphatic heterocycles. The number of anilines is 1. The molecule has 0 bridgehead atoms. The lowest BCUT2D eigenvalue weighted by atomic mass is 10.2. The van der Waals surface area contributed by atoms with Crippen molar-refractivity contribution in [2.75, 3.05) is 5.32 Å². The molecular formula is C13H8BrF4N. The maximum atomic E-state index is 13.7. The molecule has 0 spiro atoms. The van der Waals surface area contributed by atoms with E-state index >= 15 is 0 Å². The summed E-state index contributed by atoms with van der Waals surface area (Å²) in [6, 6.07) is 5.61. The fraction of sp³-hybridized carbons (Fsp3) is 0.0769. The van der Waals surface area contributed by atoms with Crippen molar-refractivity contribution in [3.05, 3.63) is 63.6 Å². The number of benzene rings is 2. The highest BCUT2D eigenvalue weighted by Crippen LogP contribution is 2.24. The lowest BCUT2D eigenvalue weighted by molar-refractivity contribution is 0.552. The first-order chi connectivity index (χ1) is 9.00. The van der Waals surface area contributed by atoms with E-state index in [1.807, 2.05) is 0 Å². The summed E-state index contributed by atoms with van der Waals surface area (Å²) in [6.45, 7) is -0.366. The van der Waals surface area contributed by atoms with Crippen LogP contribution in [0.15, 0.2) is 34.8 Å². The van der Waals surface area contributed by atoms with E-state index < -0.39 is 29.0 Å². The van der Waals surface area contributed by atoms with Gasteiger partial charge in [-0.05, 0) is 40.2 Å². The van der Waals surface area contributed by atoms with Crippen LogP contribution in [0.3, 0.4) is 0 Å². The molecule has 19 heavy (non-hydrogen) atoms. The van der Waals surface area contributed by atoms with Crippen LogP contribution in [0.1, 0.15) is 5.56 Å². The Kier molecular flexibility index (Phi) is 4.09. The molecule has 6 heteroatoms. The molecule has 0 saturated carbocycles. The highest BCUT2D eigenvalue weighted by atomic mass is 79.9. The Morgan fingerprint density at radius 1 is 0.895 bits per heavy atom. The molecule has 0 aliphatic carbocycles. The van der Waals surface area contributed by atoms with E-state index in [2.05, 4.69) is 21.2 Å². The maximum absolute atomic E-state index is 13.7. The van der Waals surface area contributed by atoms with Gasteiger partial charge in [0.2, 0.25) is 0 Å². The first kappa shape index (κ1) is 13.9. The van der Waals surface area contributed by atoms with Crippen molar-refractivity contribution in [1.29, 1.82) is 0 Å². The third-order valence-corrected chi connectivity index (χ3v) is 3.16. The zero-order valence-electron chi connectivity index (χ0n) is 9.48. The Hall–Kier alpha value is -1.56. The molecule has 2 aromatic carbocycles. The van der Waals surface area contributed by atoms with E-state index in [1.165, 1.54) is 12.1 Å². The second-order valence-corrected chi connectivity index (χ2v) is 4.63. The largest absolute Gasteiger partial charge is 0.376 e. The number of nitrogens with one attached hydrogen (secondary N) is 1. The zero-order chi connectivity index (χ0) is 14.0. The van der Waals surface area contributed by atoms with E-state index in [0.717, 1.165) is 18.2 Å². The minimum absolute atomic E-state index is 0.0831. The average Bonchev–Trinajstić information content (AvgIpc) is 2.37. The van der Waals surface area contributed by atoms with E-state index in [4.69, 9.17) is 0 Å². The molecule has 1 nitrogen and oxygen atoms in total. The minimum Gasteiger partial charge on any atom is -0.376 e. The summed E-state index contributed by atoms with van der Waals surface area (Å²) in [5, 5.41) is 2.36. The summed E-state index contributed by atoms with van der Waals surface area (Å²) in [6.07, 6.45) is 0. The van der Waals surface area contributed by atoms with Crippen LogP contribution in [0.5, 0.6) is 0 Å². The Morgan fingerprint density at radius 3 is 2.16 bits per heavy atom. The van der Waals surface area contributed by atoms with Crippen molar-refractivity contribution >= 4 is 21.6 Å². The molecule has 0 unspecified atom stereocenters. The number of hydrogen-bond donors (Lipinski definition) is 1. The van der Waals surface area contributed by atoms with E-state index in [9.17, 15) is 17.6 Å². The molecule has 0 aromatic heterocycles. The van der Waals surface area contributed by atoms with Gasteiger partial charge in [0.25, 0.3) is 0 Å². The minimum atomic E-state index is -0.823. The number of para-hydroxylation sites is 1. The van der Waals surface area contributed by atoms with Gasteiger partial charge in [-0.1, -0.05) is 6.07 Å². The van der Waals surface area contributed by atoms with Gasteiger partial charge < -0.3 is 5.32 Å². The molecule has 2 aromatic rings. The van der Waals surface area contributed by atoms with E-state index in [-0.39, 0.29) is 16.6 Å². The molecule has 100 valence electrons. The molecule has 0 saturated heterocycles. The van der Waals surface area contributed by atoms with Gasteiger partial charge in [-0.3, -0.25) is 0 Å². The third kappa shape index (κ3) is 2.89. The van der Waals surface area contributed by atoms with Crippen LogP contribution in [-0.4, -0.2) is 0 Å². The molecule has 1 N–H and O–H groups in total. The van der Waals surface area contributed by atoms with Gasteiger partial charge in [0.05, 0.1) is 4.47 Å². The molecule has 0 aliphatic rings. The molecule has 0 amide bonds. The second kappa shape index (κ2) is 5.61. The quantitative estimate of drug-likeness (QED) is 0.638. The van der Waals surface area contributed by atoms with Crippen molar-refractivity contribution in [2.45, 2.75) is 6.54 Å². The first-order valence-electron chi connectivity index (χ1n) is 5.31. The van der Waals surface area contributed by atoms with Gasteiger partial charge in [0.1, 0.15) is 29.0 Å². The third-order valence-electron chi connectivity index (χ3n) is 2.54. The van der Waals surface area contributed by atoms with Gasteiger partial charge in [0, 0.05) is 12.1 Å². The zero-order valence-corrected chi connectivity index (χ0v) is 11.1. The Morgan fingerprint density at radius 2 is 1.53 bits per heavy atom. The number of halogens is 5. The Bertz CT molecular complexity index is 596. The molecule has 0 radical (unpaired) electrons.